The predicted molar refractivity (Wildman–Crippen MR) is 126 cm³/mol. The molecule has 1 aromatic heterocycles. The second kappa shape index (κ2) is 11.1. The highest BCUT2D eigenvalue weighted by Crippen LogP contribution is 2.30. The Kier molecular flexibility index (Phi) is 9.90. The summed E-state index contributed by atoms with van der Waals surface area (Å²) in [4.78, 5) is 4.70. The molecule has 0 amide bonds. The lowest BCUT2D eigenvalue weighted by Gasteiger charge is -2.18. The van der Waals surface area contributed by atoms with Crippen molar-refractivity contribution < 1.29 is 0 Å². The molecule has 0 saturated heterocycles. The van der Waals surface area contributed by atoms with Gasteiger partial charge in [0.05, 0.1) is 12.2 Å². The van der Waals surface area contributed by atoms with Crippen molar-refractivity contribution in [1.29, 1.82) is 0 Å². The molecule has 1 heterocycles. The van der Waals surface area contributed by atoms with Crippen molar-refractivity contribution >= 4 is 53.1 Å². The van der Waals surface area contributed by atoms with Crippen molar-refractivity contribution in [3.63, 3.8) is 0 Å². The molecule has 2 N–H and O–H groups in total. The first kappa shape index (κ1) is 24.0. The molecule has 8 heteroatoms. The number of rotatable bonds is 6. The molecule has 0 saturated carbocycles. The van der Waals surface area contributed by atoms with Gasteiger partial charge in [0, 0.05) is 47.4 Å². The Morgan fingerprint density at radius 2 is 1.85 bits per heavy atom. The summed E-state index contributed by atoms with van der Waals surface area (Å²) >= 11 is 12.6. The van der Waals surface area contributed by atoms with Crippen LogP contribution in [0.25, 0.3) is 0 Å². The Labute approximate surface area is 188 Å². The van der Waals surface area contributed by atoms with E-state index < -0.39 is 0 Å². The second-order valence-electron chi connectivity index (χ2n) is 6.39. The zero-order valence-corrected chi connectivity index (χ0v) is 20.3. The van der Waals surface area contributed by atoms with Crippen molar-refractivity contribution in [3.8, 4) is 0 Å². The molecule has 5 nitrogen and oxygen atoms in total. The number of aryl methyl sites for hydroxylation is 2. The first-order valence-electron chi connectivity index (χ1n) is 8.80. The van der Waals surface area contributed by atoms with Crippen LogP contribution in [-0.2, 0) is 13.6 Å². The first-order chi connectivity index (χ1) is 12.3. The van der Waals surface area contributed by atoms with Crippen LogP contribution in [0.2, 0.25) is 10.0 Å². The van der Waals surface area contributed by atoms with Crippen LogP contribution >= 0.6 is 47.2 Å². The minimum absolute atomic E-state index is 0. The molecule has 2 aromatic rings. The number of hydrogen-bond acceptors (Lipinski definition) is 2. The van der Waals surface area contributed by atoms with Gasteiger partial charge in [-0.05, 0) is 38.5 Å². The van der Waals surface area contributed by atoms with Gasteiger partial charge in [0.15, 0.2) is 5.96 Å². The van der Waals surface area contributed by atoms with E-state index in [-0.39, 0.29) is 29.9 Å². The summed E-state index contributed by atoms with van der Waals surface area (Å²) in [5.74, 6) is 0.923. The average molecular weight is 524 g/mol. The fraction of sp³-hybridized carbons (Fsp3) is 0.474. The Morgan fingerprint density at radius 3 is 2.37 bits per heavy atom. The molecule has 1 unspecified atom stereocenters. The van der Waals surface area contributed by atoms with Crippen LogP contribution < -0.4 is 10.6 Å². The maximum atomic E-state index is 6.31. The smallest absolute Gasteiger partial charge is 0.191 e. The molecule has 0 aliphatic carbocycles. The van der Waals surface area contributed by atoms with Crippen LogP contribution in [0.3, 0.4) is 0 Å². The molecule has 0 fully saturated rings. The van der Waals surface area contributed by atoms with Crippen molar-refractivity contribution in [3.05, 3.63) is 50.8 Å². The number of guanidine groups is 1. The van der Waals surface area contributed by atoms with Gasteiger partial charge >= 0.3 is 0 Å². The lowest BCUT2D eigenvalue weighted by Crippen LogP contribution is -2.39. The zero-order chi connectivity index (χ0) is 19.3. The minimum atomic E-state index is 0. The minimum Gasteiger partial charge on any atom is -0.357 e. The van der Waals surface area contributed by atoms with Gasteiger partial charge in [0.2, 0.25) is 0 Å². The highest BCUT2D eigenvalue weighted by atomic mass is 127. The van der Waals surface area contributed by atoms with Gasteiger partial charge in [-0.3, -0.25) is 4.68 Å². The number of aromatic nitrogens is 2. The summed E-state index contributed by atoms with van der Waals surface area (Å²) in [5.41, 5.74) is 4.27. The van der Waals surface area contributed by atoms with E-state index in [0.29, 0.717) is 23.1 Å². The number of nitrogens with one attached hydrogen (secondary N) is 2. The van der Waals surface area contributed by atoms with Crippen LogP contribution in [0, 0.1) is 13.8 Å². The van der Waals surface area contributed by atoms with E-state index in [2.05, 4.69) is 29.6 Å². The summed E-state index contributed by atoms with van der Waals surface area (Å²) in [6, 6.07) is 5.59. The molecule has 0 bridgehead atoms. The van der Waals surface area contributed by atoms with E-state index in [1.165, 1.54) is 0 Å². The Hall–Kier alpha value is -0.990. The third kappa shape index (κ3) is 6.26. The second-order valence-corrected chi connectivity index (χ2v) is 7.20. The first-order valence-corrected chi connectivity index (χ1v) is 9.55. The van der Waals surface area contributed by atoms with Gasteiger partial charge in [0.1, 0.15) is 0 Å². The van der Waals surface area contributed by atoms with E-state index in [1.807, 2.05) is 43.8 Å². The van der Waals surface area contributed by atoms with Gasteiger partial charge in [0.25, 0.3) is 0 Å². The summed E-state index contributed by atoms with van der Waals surface area (Å²) in [6.45, 7) is 10.3. The van der Waals surface area contributed by atoms with Crippen LogP contribution in [0.1, 0.15) is 42.3 Å². The normalized spacial score (nSPS) is 12.5. The summed E-state index contributed by atoms with van der Waals surface area (Å²) in [5, 5.41) is 12.5. The molecule has 150 valence electrons. The van der Waals surface area contributed by atoms with Gasteiger partial charge in [-0.1, -0.05) is 36.2 Å². The maximum absolute atomic E-state index is 6.31. The predicted octanol–water partition coefficient (Wildman–Crippen LogP) is 4.82. The molecule has 2 rings (SSSR count). The molecular weight excluding hydrogens is 496 g/mol. The van der Waals surface area contributed by atoms with E-state index in [4.69, 9.17) is 28.2 Å². The van der Waals surface area contributed by atoms with Gasteiger partial charge in [-0.15, -0.1) is 24.0 Å². The monoisotopic (exact) mass is 523 g/mol. The molecule has 0 aliphatic heterocycles. The third-order valence-electron chi connectivity index (χ3n) is 4.47. The molecule has 27 heavy (non-hydrogen) atoms. The molecule has 0 radical (unpaired) electrons. The number of hydrogen-bond donors (Lipinski definition) is 2. The Bertz CT molecular complexity index is 768. The Morgan fingerprint density at radius 1 is 1.22 bits per heavy atom. The van der Waals surface area contributed by atoms with E-state index in [1.54, 1.807) is 0 Å². The fourth-order valence-corrected chi connectivity index (χ4v) is 3.65. The maximum Gasteiger partial charge on any atom is 0.191 e. The van der Waals surface area contributed by atoms with E-state index in [0.717, 1.165) is 35.0 Å². The lowest BCUT2D eigenvalue weighted by atomic mass is 10.0. The van der Waals surface area contributed by atoms with Crippen molar-refractivity contribution in [2.24, 2.45) is 12.0 Å². The van der Waals surface area contributed by atoms with Gasteiger partial charge in [-0.2, -0.15) is 5.10 Å². The van der Waals surface area contributed by atoms with Crippen LogP contribution in [0.15, 0.2) is 23.2 Å². The van der Waals surface area contributed by atoms with Gasteiger partial charge in [-0.25, -0.2) is 4.99 Å². The molecule has 1 aromatic carbocycles. The largest absolute Gasteiger partial charge is 0.357 e. The summed E-state index contributed by atoms with van der Waals surface area (Å²) < 4.78 is 1.89. The quantitative estimate of drug-likeness (QED) is 0.324. The van der Waals surface area contributed by atoms with Gasteiger partial charge < -0.3 is 10.6 Å². The topological polar surface area (TPSA) is 54.2 Å². The lowest BCUT2D eigenvalue weighted by molar-refractivity contribution is 0.699. The van der Waals surface area contributed by atoms with Crippen molar-refractivity contribution in [2.75, 3.05) is 13.1 Å². The SMILES string of the molecule is CCNC(=NCc1c(C)nn(C)c1C)NCC(C)c1c(Cl)cccc1Cl.I. The standard InChI is InChI=1S/C19H27Cl2N5.HI/c1-6-22-19(24-11-15-13(3)25-26(5)14(15)4)23-10-12(2)18-16(20)8-7-9-17(18)21;/h7-9,12H,6,10-11H2,1-5H3,(H2,22,23,24);1H. The molecule has 1 atom stereocenters. The number of benzene rings is 1. The number of nitrogens with zero attached hydrogens (tertiary/aromatic N) is 3. The summed E-state index contributed by atoms with van der Waals surface area (Å²) in [7, 11) is 1.95. The van der Waals surface area contributed by atoms with Crippen LogP contribution in [0.4, 0.5) is 0 Å². The zero-order valence-electron chi connectivity index (χ0n) is 16.4. The molecular formula is C19H28Cl2IN5. The molecule has 0 aliphatic rings. The Balaban J connectivity index is 0.00000364. The highest BCUT2D eigenvalue weighted by Gasteiger charge is 2.14. The van der Waals surface area contributed by atoms with Crippen molar-refractivity contribution in [1.82, 2.24) is 20.4 Å². The molecule has 0 spiro atoms. The van der Waals surface area contributed by atoms with Crippen LogP contribution in [0.5, 0.6) is 0 Å². The average Bonchev–Trinajstić information content (AvgIpc) is 2.82. The van der Waals surface area contributed by atoms with Crippen molar-refractivity contribution in [2.45, 2.75) is 40.2 Å². The number of halogens is 3. The third-order valence-corrected chi connectivity index (χ3v) is 5.13. The van der Waals surface area contributed by atoms with Crippen LogP contribution in [-0.4, -0.2) is 28.8 Å². The van der Waals surface area contributed by atoms with E-state index in [9.17, 15) is 0 Å². The van der Waals surface area contributed by atoms with E-state index >= 15 is 0 Å². The fourth-order valence-electron chi connectivity index (χ4n) is 2.88. The highest BCUT2D eigenvalue weighted by molar-refractivity contribution is 14.0. The summed E-state index contributed by atoms with van der Waals surface area (Å²) in [6.07, 6.45) is 0. The number of aliphatic imine (C=N–C) groups is 1.